The van der Waals surface area contributed by atoms with E-state index in [9.17, 15) is 4.79 Å². The molecule has 0 spiro atoms. The molecule has 196 valence electrons. The average molecular weight is 512 g/mol. The summed E-state index contributed by atoms with van der Waals surface area (Å²) in [6.07, 6.45) is 0.169. The van der Waals surface area contributed by atoms with Crippen LogP contribution in [0.25, 0.3) is 11.1 Å². The van der Waals surface area contributed by atoms with Crippen molar-refractivity contribution in [3.63, 3.8) is 0 Å². The van der Waals surface area contributed by atoms with E-state index >= 15 is 0 Å². The summed E-state index contributed by atoms with van der Waals surface area (Å²) in [5.74, 6) is 1.29. The molecule has 1 heterocycles. The molecule has 0 amide bonds. The van der Waals surface area contributed by atoms with E-state index in [0.29, 0.717) is 30.7 Å². The Hall–Kier alpha value is -4.32. The summed E-state index contributed by atoms with van der Waals surface area (Å²) in [5.41, 5.74) is 3.27. The van der Waals surface area contributed by atoms with Gasteiger partial charge >= 0.3 is 5.97 Å². The van der Waals surface area contributed by atoms with Gasteiger partial charge in [-0.25, -0.2) is 0 Å². The van der Waals surface area contributed by atoms with Crippen LogP contribution in [0.1, 0.15) is 38.3 Å². The summed E-state index contributed by atoms with van der Waals surface area (Å²) in [5, 5.41) is 0. The number of carbonyl (C=O) groups excluding carboxylic acids is 1. The number of pyridine rings is 1. The van der Waals surface area contributed by atoms with Crippen molar-refractivity contribution < 1.29 is 23.7 Å². The first kappa shape index (κ1) is 26.7. The van der Waals surface area contributed by atoms with Crippen molar-refractivity contribution >= 4 is 5.97 Å². The summed E-state index contributed by atoms with van der Waals surface area (Å²) in [6, 6.07) is 31.3. The first-order valence-electron chi connectivity index (χ1n) is 12.7. The number of benzene rings is 3. The summed E-state index contributed by atoms with van der Waals surface area (Å²) in [7, 11) is 0. The second-order valence-electron chi connectivity index (χ2n) is 9.76. The number of esters is 1. The highest BCUT2D eigenvalue weighted by Gasteiger charge is 2.16. The molecule has 0 fully saturated rings. The number of ether oxygens (including phenoxy) is 4. The normalized spacial score (nSPS) is 11.0. The third kappa shape index (κ3) is 8.37. The minimum Gasteiger partial charge on any atom is -0.493 e. The van der Waals surface area contributed by atoms with E-state index in [1.807, 2.05) is 118 Å². The lowest BCUT2D eigenvalue weighted by Crippen LogP contribution is -2.24. The predicted octanol–water partition coefficient (Wildman–Crippen LogP) is 7.02. The molecular weight excluding hydrogens is 478 g/mol. The second-order valence-corrected chi connectivity index (χ2v) is 9.76. The van der Waals surface area contributed by atoms with Crippen LogP contribution in [-0.4, -0.2) is 23.2 Å². The van der Waals surface area contributed by atoms with Gasteiger partial charge < -0.3 is 18.9 Å². The number of hydrogen-bond donors (Lipinski definition) is 0. The molecule has 0 aliphatic heterocycles. The average Bonchev–Trinajstić information content (AvgIpc) is 2.91. The Morgan fingerprint density at radius 1 is 0.737 bits per heavy atom. The molecule has 0 aliphatic carbocycles. The maximum Gasteiger partial charge on any atom is 0.309 e. The molecule has 4 aromatic rings. The van der Waals surface area contributed by atoms with Gasteiger partial charge in [-0.1, -0.05) is 72.8 Å². The Morgan fingerprint density at radius 2 is 1.39 bits per heavy atom. The molecule has 1 aromatic heterocycles. The van der Waals surface area contributed by atoms with Gasteiger partial charge in [0.05, 0.1) is 13.0 Å². The van der Waals surface area contributed by atoms with E-state index in [2.05, 4.69) is 4.98 Å². The fourth-order valence-electron chi connectivity index (χ4n) is 3.69. The van der Waals surface area contributed by atoms with Gasteiger partial charge in [0, 0.05) is 11.6 Å². The molecule has 3 aromatic carbocycles. The third-order valence-electron chi connectivity index (χ3n) is 5.42. The minimum atomic E-state index is -0.517. The van der Waals surface area contributed by atoms with Crippen molar-refractivity contribution in [3.8, 4) is 28.6 Å². The van der Waals surface area contributed by atoms with Crippen LogP contribution in [-0.2, 0) is 22.7 Å². The maximum atomic E-state index is 12.0. The van der Waals surface area contributed by atoms with Gasteiger partial charge in [-0.2, -0.15) is 4.98 Å². The van der Waals surface area contributed by atoms with E-state index in [-0.39, 0.29) is 19.0 Å². The van der Waals surface area contributed by atoms with Crippen LogP contribution >= 0.6 is 0 Å². The minimum absolute atomic E-state index is 0.169. The van der Waals surface area contributed by atoms with Gasteiger partial charge in [0.15, 0.2) is 0 Å². The van der Waals surface area contributed by atoms with Crippen molar-refractivity contribution in [1.82, 2.24) is 4.98 Å². The molecule has 0 radical (unpaired) electrons. The Bertz CT molecular complexity index is 1320. The number of rotatable bonds is 11. The van der Waals surface area contributed by atoms with Gasteiger partial charge in [0.1, 0.15) is 24.6 Å². The van der Waals surface area contributed by atoms with E-state index in [4.69, 9.17) is 18.9 Å². The first-order valence-corrected chi connectivity index (χ1v) is 12.7. The quantitative estimate of drug-likeness (QED) is 0.202. The van der Waals surface area contributed by atoms with Crippen molar-refractivity contribution in [3.05, 3.63) is 108 Å². The fourth-order valence-corrected chi connectivity index (χ4v) is 3.69. The number of hydrogen-bond acceptors (Lipinski definition) is 6. The van der Waals surface area contributed by atoms with Gasteiger partial charge in [-0.15, -0.1) is 0 Å². The molecule has 0 saturated heterocycles. The molecule has 0 unspecified atom stereocenters. The van der Waals surface area contributed by atoms with E-state index in [0.717, 1.165) is 22.3 Å². The number of nitrogens with zero attached hydrogens (tertiary/aromatic N) is 1. The highest BCUT2D eigenvalue weighted by atomic mass is 16.6. The highest BCUT2D eigenvalue weighted by molar-refractivity contribution is 5.71. The molecule has 0 saturated carbocycles. The molecule has 6 nitrogen and oxygen atoms in total. The standard InChI is InChI=1S/C32H33NO5/c1-32(2,3)38-30(34)19-20-35-27-16-10-15-26(21-27)28-17-18-29(36-22-24-11-6-4-7-12-24)33-31(28)37-23-25-13-8-5-9-14-25/h4-18,21H,19-20,22-23H2,1-3H3. The van der Waals surface area contributed by atoms with Crippen LogP contribution in [0.15, 0.2) is 97.1 Å². The van der Waals surface area contributed by atoms with Crippen molar-refractivity contribution in [2.24, 2.45) is 0 Å². The lowest BCUT2D eigenvalue weighted by Gasteiger charge is -2.19. The topological polar surface area (TPSA) is 66.9 Å². The van der Waals surface area contributed by atoms with Crippen LogP contribution in [0.3, 0.4) is 0 Å². The Kier molecular flexibility index (Phi) is 8.98. The van der Waals surface area contributed by atoms with E-state index in [1.54, 1.807) is 0 Å². The van der Waals surface area contributed by atoms with Crippen LogP contribution in [0.4, 0.5) is 0 Å². The van der Waals surface area contributed by atoms with Gasteiger partial charge in [-0.05, 0) is 55.7 Å². The Balaban J connectivity index is 1.50. The van der Waals surface area contributed by atoms with Crippen LogP contribution in [0.5, 0.6) is 17.5 Å². The van der Waals surface area contributed by atoms with Crippen molar-refractivity contribution in [2.75, 3.05) is 6.61 Å². The first-order chi connectivity index (χ1) is 18.4. The van der Waals surface area contributed by atoms with Gasteiger partial charge in [0.2, 0.25) is 11.8 Å². The molecule has 4 rings (SSSR count). The van der Waals surface area contributed by atoms with Crippen LogP contribution < -0.4 is 14.2 Å². The Labute approximate surface area is 224 Å². The van der Waals surface area contributed by atoms with Crippen molar-refractivity contribution in [1.29, 1.82) is 0 Å². The van der Waals surface area contributed by atoms with Crippen LogP contribution in [0, 0.1) is 0 Å². The molecular formula is C32H33NO5. The number of carbonyl (C=O) groups is 1. The molecule has 6 heteroatoms. The predicted molar refractivity (Wildman–Crippen MR) is 147 cm³/mol. The largest absolute Gasteiger partial charge is 0.493 e. The lowest BCUT2D eigenvalue weighted by molar-refractivity contribution is -0.155. The van der Waals surface area contributed by atoms with Crippen molar-refractivity contribution in [2.45, 2.75) is 46.0 Å². The summed E-state index contributed by atoms with van der Waals surface area (Å²) in [4.78, 5) is 16.7. The molecule has 0 N–H and O–H groups in total. The molecule has 0 aliphatic rings. The monoisotopic (exact) mass is 511 g/mol. The zero-order chi connectivity index (χ0) is 26.8. The summed E-state index contributed by atoms with van der Waals surface area (Å²) < 4.78 is 23.3. The molecule has 0 atom stereocenters. The fraction of sp³-hybridized carbons (Fsp3) is 0.250. The molecule has 38 heavy (non-hydrogen) atoms. The van der Waals surface area contributed by atoms with E-state index < -0.39 is 5.60 Å². The second kappa shape index (κ2) is 12.8. The zero-order valence-corrected chi connectivity index (χ0v) is 22.1. The number of aromatic nitrogens is 1. The Morgan fingerprint density at radius 3 is 2.05 bits per heavy atom. The highest BCUT2D eigenvalue weighted by Crippen LogP contribution is 2.33. The SMILES string of the molecule is CC(C)(C)OC(=O)CCOc1cccc(-c2ccc(OCc3ccccc3)nc2OCc2ccccc2)c1. The van der Waals surface area contributed by atoms with Gasteiger partial charge in [0.25, 0.3) is 0 Å². The molecule has 0 bridgehead atoms. The summed E-state index contributed by atoms with van der Waals surface area (Å²) in [6.45, 7) is 6.54. The lowest BCUT2D eigenvalue weighted by atomic mass is 10.1. The smallest absolute Gasteiger partial charge is 0.309 e. The third-order valence-corrected chi connectivity index (χ3v) is 5.42. The maximum absolute atomic E-state index is 12.0. The summed E-state index contributed by atoms with van der Waals surface area (Å²) >= 11 is 0. The van der Waals surface area contributed by atoms with Gasteiger partial charge in [-0.3, -0.25) is 4.79 Å². The zero-order valence-electron chi connectivity index (χ0n) is 22.1. The van der Waals surface area contributed by atoms with E-state index in [1.165, 1.54) is 0 Å². The van der Waals surface area contributed by atoms with Crippen LogP contribution in [0.2, 0.25) is 0 Å².